The van der Waals surface area contributed by atoms with E-state index in [0.29, 0.717) is 28.9 Å². The zero-order valence-electron chi connectivity index (χ0n) is 15.1. The lowest BCUT2D eigenvalue weighted by Crippen LogP contribution is -2.36. The first-order valence-electron chi connectivity index (χ1n) is 8.69. The molecule has 0 fully saturated rings. The van der Waals surface area contributed by atoms with E-state index in [1.807, 2.05) is 19.1 Å². The number of hydrogen-bond donors (Lipinski definition) is 0. The predicted octanol–water partition coefficient (Wildman–Crippen LogP) is 3.75. The fourth-order valence-corrected chi connectivity index (χ4v) is 3.25. The largest absolute Gasteiger partial charge is 0.419 e. The standard InChI is InChI=1S/C19H18BrClN4O3/c1-2-9-24(18(27)12-25-10-13(20)7-8-17(25)26)11-16-22-23-19(28-16)14-5-3-4-6-15(14)21/h3-8,10H,2,9,11-12H2,1H3. The Morgan fingerprint density at radius 3 is 2.79 bits per heavy atom. The van der Waals surface area contributed by atoms with E-state index in [9.17, 15) is 9.59 Å². The van der Waals surface area contributed by atoms with Gasteiger partial charge in [0.2, 0.25) is 17.7 Å². The van der Waals surface area contributed by atoms with Gasteiger partial charge in [0, 0.05) is 23.3 Å². The average Bonchev–Trinajstić information content (AvgIpc) is 3.13. The molecule has 2 aromatic heterocycles. The van der Waals surface area contributed by atoms with Crippen LogP contribution in [0.2, 0.25) is 5.02 Å². The molecular formula is C19H18BrClN4O3. The molecule has 0 aliphatic carbocycles. The Morgan fingerprint density at radius 2 is 2.04 bits per heavy atom. The van der Waals surface area contributed by atoms with Crippen molar-refractivity contribution in [2.75, 3.05) is 6.54 Å². The summed E-state index contributed by atoms with van der Waals surface area (Å²) < 4.78 is 7.78. The van der Waals surface area contributed by atoms with E-state index in [-0.39, 0.29) is 24.6 Å². The first-order chi connectivity index (χ1) is 13.5. The Morgan fingerprint density at radius 1 is 1.25 bits per heavy atom. The number of hydrogen-bond acceptors (Lipinski definition) is 5. The monoisotopic (exact) mass is 464 g/mol. The molecule has 1 aromatic carbocycles. The van der Waals surface area contributed by atoms with Crippen LogP contribution in [0.15, 0.2) is 56.3 Å². The quantitative estimate of drug-likeness (QED) is 0.531. The number of halogens is 2. The Kier molecular flexibility index (Phi) is 6.64. The highest BCUT2D eigenvalue weighted by Gasteiger charge is 2.19. The average molecular weight is 466 g/mol. The summed E-state index contributed by atoms with van der Waals surface area (Å²) in [6.07, 6.45) is 2.34. The van der Waals surface area contributed by atoms with Crippen LogP contribution in [0.3, 0.4) is 0 Å². The molecule has 1 amide bonds. The van der Waals surface area contributed by atoms with Crippen LogP contribution in [0, 0.1) is 0 Å². The molecule has 0 aliphatic rings. The molecule has 0 saturated carbocycles. The Labute approximate surface area is 175 Å². The molecular weight excluding hydrogens is 448 g/mol. The molecule has 9 heteroatoms. The van der Waals surface area contributed by atoms with Crippen molar-refractivity contribution in [3.05, 3.63) is 68.3 Å². The van der Waals surface area contributed by atoms with Crippen LogP contribution < -0.4 is 5.56 Å². The van der Waals surface area contributed by atoms with Crippen LogP contribution in [0.1, 0.15) is 19.2 Å². The minimum absolute atomic E-state index is 0.0657. The number of aromatic nitrogens is 3. The summed E-state index contributed by atoms with van der Waals surface area (Å²) in [6.45, 7) is 2.57. The summed E-state index contributed by atoms with van der Waals surface area (Å²) in [6, 6.07) is 10.2. The van der Waals surface area contributed by atoms with Gasteiger partial charge in [-0.1, -0.05) is 30.7 Å². The van der Waals surface area contributed by atoms with Gasteiger partial charge in [0.05, 0.1) is 17.1 Å². The van der Waals surface area contributed by atoms with Crippen molar-refractivity contribution in [2.45, 2.75) is 26.4 Å². The molecule has 28 heavy (non-hydrogen) atoms. The van der Waals surface area contributed by atoms with Crippen LogP contribution in [0.4, 0.5) is 0 Å². The minimum Gasteiger partial charge on any atom is -0.419 e. The molecule has 3 aromatic rings. The maximum atomic E-state index is 12.7. The lowest BCUT2D eigenvalue weighted by atomic mass is 10.2. The molecule has 146 valence electrons. The summed E-state index contributed by atoms with van der Waals surface area (Å²) in [4.78, 5) is 26.3. The number of rotatable bonds is 7. The van der Waals surface area contributed by atoms with Crippen molar-refractivity contribution in [1.29, 1.82) is 0 Å². The van der Waals surface area contributed by atoms with Gasteiger partial charge in [-0.3, -0.25) is 9.59 Å². The van der Waals surface area contributed by atoms with Crippen molar-refractivity contribution >= 4 is 33.4 Å². The number of nitrogens with zero attached hydrogens (tertiary/aromatic N) is 4. The molecule has 0 atom stereocenters. The maximum Gasteiger partial charge on any atom is 0.251 e. The third-order valence-electron chi connectivity index (χ3n) is 4.00. The van der Waals surface area contributed by atoms with Crippen LogP contribution >= 0.6 is 27.5 Å². The Hall–Kier alpha value is -2.45. The van der Waals surface area contributed by atoms with Crippen molar-refractivity contribution < 1.29 is 9.21 Å². The summed E-state index contributed by atoms with van der Waals surface area (Å²) in [5.74, 6) is 0.394. The van der Waals surface area contributed by atoms with Gasteiger partial charge in [0.1, 0.15) is 6.54 Å². The van der Waals surface area contributed by atoms with Gasteiger partial charge in [-0.2, -0.15) is 0 Å². The van der Waals surface area contributed by atoms with Gasteiger partial charge in [-0.25, -0.2) is 0 Å². The highest BCUT2D eigenvalue weighted by Crippen LogP contribution is 2.26. The molecule has 0 radical (unpaired) electrons. The van der Waals surface area contributed by atoms with Gasteiger partial charge in [-0.05, 0) is 40.5 Å². The minimum atomic E-state index is -0.244. The summed E-state index contributed by atoms with van der Waals surface area (Å²) in [7, 11) is 0. The molecule has 0 N–H and O–H groups in total. The zero-order valence-corrected chi connectivity index (χ0v) is 17.5. The second-order valence-electron chi connectivity index (χ2n) is 6.11. The highest BCUT2D eigenvalue weighted by molar-refractivity contribution is 9.10. The maximum absolute atomic E-state index is 12.7. The number of benzene rings is 1. The van der Waals surface area contributed by atoms with Crippen LogP contribution in [-0.4, -0.2) is 32.1 Å². The second kappa shape index (κ2) is 9.16. The third kappa shape index (κ3) is 4.88. The fraction of sp³-hybridized carbons (Fsp3) is 0.263. The third-order valence-corrected chi connectivity index (χ3v) is 4.80. The molecule has 2 heterocycles. The number of carbonyl (C=O) groups excluding carboxylic acids is 1. The lowest BCUT2D eigenvalue weighted by molar-refractivity contribution is -0.132. The van der Waals surface area contributed by atoms with Crippen molar-refractivity contribution in [3.8, 4) is 11.5 Å². The number of carbonyl (C=O) groups is 1. The van der Waals surface area contributed by atoms with Gasteiger partial charge in [-0.15, -0.1) is 10.2 Å². The van der Waals surface area contributed by atoms with Crippen LogP contribution in [0.25, 0.3) is 11.5 Å². The summed E-state index contributed by atoms with van der Waals surface area (Å²) >= 11 is 9.47. The summed E-state index contributed by atoms with van der Waals surface area (Å²) in [5.41, 5.74) is 0.392. The van der Waals surface area contributed by atoms with Gasteiger partial charge in [0.25, 0.3) is 5.56 Å². The lowest BCUT2D eigenvalue weighted by Gasteiger charge is -2.20. The molecule has 0 spiro atoms. The van der Waals surface area contributed by atoms with E-state index < -0.39 is 0 Å². The normalized spacial score (nSPS) is 10.8. The number of amides is 1. The molecule has 0 saturated heterocycles. The molecule has 0 aliphatic heterocycles. The Bertz CT molecular complexity index is 1030. The van der Waals surface area contributed by atoms with E-state index in [2.05, 4.69) is 26.1 Å². The van der Waals surface area contributed by atoms with Gasteiger partial charge < -0.3 is 13.9 Å². The molecule has 7 nitrogen and oxygen atoms in total. The van der Waals surface area contributed by atoms with Crippen molar-refractivity contribution in [2.24, 2.45) is 0 Å². The van der Waals surface area contributed by atoms with E-state index in [1.165, 1.54) is 10.6 Å². The fourth-order valence-electron chi connectivity index (χ4n) is 2.66. The number of pyridine rings is 1. The first-order valence-corrected chi connectivity index (χ1v) is 9.86. The molecule has 3 rings (SSSR count). The van der Waals surface area contributed by atoms with Gasteiger partial charge >= 0.3 is 0 Å². The summed E-state index contributed by atoms with van der Waals surface area (Å²) in [5, 5.41) is 8.57. The van der Waals surface area contributed by atoms with E-state index in [4.69, 9.17) is 16.0 Å². The van der Waals surface area contributed by atoms with E-state index in [0.717, 1.165) is 10.9 Å². The molecule has 0 bridgehead atoms. The van der Waals surface area contributed by atoms with Crippen LogP contribution in [0.5, 0.6) is 0 Å². The Balaban J connectivity index is 1.76. The topological polar surface area (TPSA) is 81.2 Å². The predicted molar refractivity (Wildman–Crippen MR) is 109 cm³/mol. The van der Waals surface area contributed by atoms with Gasteiger partial charge in [0.15, 0.2) is 0 Å². The highest BCUT2D eigenvalue weighted by atomic mass is 79.9. The van der Waals surface area contributed by atoms with Crippen molar-refractivity contribution in [1.82, 2.24) is 19.7 Å². The SMILES string of the molecule is CCCN(Cc1nnc(-c2ccccc2Cl)o1)C(=O)Cn1cc(Br)ccc1=O. The zero-order chi connectivity index (χ0) is 20.1. The second-order valence-corrected chi connectivity index (χ2v) is 7.43. The smallest absolute Gasteiger partial charge is 0.251 e. The van der Waals surface area contributed by atoms with Crippen LogP contribution in [-0.2, 0) is 17.9 Å². The van der Waals surface area contributed by atoms with Crippen molar-refractivity contribution in [3.63, 3.8) is 0 Å². The van der Waals surface area contributed by atoms with E-state index in [1.54, 1.807) is 29.3 Å². The molecule has 0 unspecified atom stereocenters. The first kappa shape index (κ1) is 20.3. The van der Waals surface area contributed by atoms with E-state index >= 15 is 0 Å².